The van der Waals surface area contributed by atoms with E-state index in [0.717, 1.165) is 22.8 Å². The number of hydrogen-bond acceptors (Lipinski definition) is 4. The first-order valence-electron chi connectivity index (χ1n) is 6.33. The van der Waals surface area contributed by atoms with E-state index in [4.69, 9.17) is 16.3 Å². The minimum atomic E-state index is -0.845. The Labute approximate surface area is 129 Å². The van der Waals surface area contributed by atoms with Crippen LogP contribution in [0.25, 0.3) is 5.69 Å². The highest BCUT2D eigenvalue weighted by molar-refractivity contribution is 6.33. The zero-order valence-electron chi connectivity index (χ0n) is 11.5. The van der Waals surface area contributed by atoms with Crippen LogP contribution in [0.3, 0.4) is 0 Å². The molecule has 0 radical (unpaired) electrons. The Hall–Kier alpha value is -2.47. The van der Waals surface area contributed by atoms with Crippen molar-refractivity contribution in [3.63, 3.8) is 0 Å². The molecule has 0 amide bonds. The second-order valence-electron chi connectivity index (χ2n) is 4.25. The SMILES string of the molecule is CCOC(=O)c1cc(Cl)c(C=O)n(-c2ccc(F)cc2)c1=O. The summed E-state index contributed by atoms with van der Waals surface area (Å²) in [6, 6.07) is 5.94. The van der Waals surface area contributed by atoms with Gasteiger partial charge in [0.1, 0.15) is 17.1 Å². The number of ether oxygens (including phenoxy) is 1. The Kier molecular flexibility index (Phi) is 4.72. The van der Waals surface area contributed by atoms with Crippen molar-refractivity contribution in [2.75, 3.05) is 6.61 Å². The number of rotatable bonds is 4. The van der Waals surface area contributed by atoms with Gasteiger partial charge in [0.05, 0.1) is 11.6 Å². The lowest BCUT2D eigenvalue weighted by Crippen LogP contribution is -2.29. The fourth-order valence-corrected chi connectivity index (χ4v) is 2.15. The molecule has 1 aromatic carbocycles. The van der Waals surface area contributed by atoms with Crippen molar-refractivity contribution in [3.8, 4) is 5.69 Å². The summed E-state index contributed by atoms with van der Waals surface area (Å²) in [5, 5.41) is -0.0815. The molecule has 2 rings (SSSR count). The average molecular weight is 324 g/mol. The lowest BCUT2D eigenvalue weighted by atomic mass is 10.2. The van der Waals surface area contributed by atoms with Crippen LogP contribution in [0.4, 0.5) is 4.39 Å². The minimum absolute atomic E-state index is 0.0815. The van der Waals surface area contributed by atoms with Crippen molar-refractivity contribution in [2.45, 2.75) is 6.92 Å². The molecule has 22 heavy (non-hydrogen) atoms. The molecule has 0 aliphatic rings. The maximum absolute atomic E-state index is 13.0. The van der Waals surface area contributed by atoms with Gasteiger partial charge in [-0.25, -0.2) is 9.18 Å². The van der Waals surface area contributed by atoms with Crippen LogP contribution in [0.5, 0.6) is 0 Å². The van der Waals surface area contributed by atoms with Gasteiger partial charge in [0.2, 0.25) is 0 Å². The zero-order chi connectivity index (χ0) is 16.3. The highest BCUT2D eigenvalue weighted by atomic mass is 35.5. The lowest BCUT2D eigenvalue weighted by Gasteiger charge is -2.12. The van der Waals surface area contributed by atoms with E-state index in [2.05, 4.69) is 0 Å². The van der Waals surface area contributed by atoms with Crippen molar-refractivity contribution >= 4 is 23.9 Å². The van der Waals surface area contributed by atoms with Gasteiger partial charge in [-0.3, -0.25) is 14.2 Å². The molecule has 1 heterocycles. The van der Waals surface area contributed by atoms with E-state index in [-0.39, 0.29) is 28.6 Å². The molecule has 0 saturated heterocycles. The van der Waals surface area contributed by atoms with Gasteiger partial charge in [-0.15, -0.1) is 0 Å². The standard InChI is InChI=1S/C15H11ClFNO4/c1-2-22-15(21)11-7-12(16)13(8-19)18(14(11)20)10-5-3-9(17)4-6-10/h3-8H,2H2,1H3. The quantitative estimate of drug-likeness (QED) is 0.641. The highest BCUT2D eigenvalue weighted by Crippen LogP contribution is 2.18. The van der Waals surface area contributed by atoms with E-state index in [1.54, 1.807) is 6.92 Å². The number of carbonyl (C=O) groups is 2. The molecule has 5 nitrogen and oxygen atoms in total. The molecule has 0 aliphatic carbocycles. The molecular weight excluding hydrogens is 313 g/mol. The average Bonchev–Trinajstić information content (AvgIpc) is 2.50. The molecule has 0 atom stereocenters. The number of benzene rings is 1. The third-order valence-electron chi connectivity index (χ3n) is 2.88. The van der Waals surface area contributed by atoms with Crippen molar-refractivity contribution in [3.05, 3.63) is 62.8 Å². The number of nitrogens with zero attached hydrogens (tertiary/aromatic N) is 1. The predicted octanol–water partition coefficient (Wildman–Crippen LogP) is 2.62. The summed E-state index contributed by atoms with van der Waals surface area (Å²) in [6.07, 6.45) is 0.391. The summed E-state index contributed by atoms with van der Waals surface area (Å²) in [7, 11) is 0. The lowest BCUT2D eigenvalue weighted by molar-refractivity contribution is 0.0523. The molecule has 0 saturated carbocycles. The first-order chi connectivity index (χ1) is 10.5. The van der Waals surface area contributed by atoms with Crippen LogP contribution >= 0.6 is 11.6 Å². The van der Waals surface area contributed by atoms with E-state index in [1.807, 2.05) is 0 Å². The minimum Gasteiger partial charge on any atom is -0.462 e. The smallest absolute Gasteiger partial charge is 0.343 e. The summed E-state index contributed by atoms with van der Waals surface area (Å²) in [6.45, 7) is 1.68. The zero-order valence-corrected chi connectivity index (χ0v) is 12.3. The van der Waals surface area contributed by atoms with Crippen LogP contribution in [0, 0.1) is 5.82 Å². The van der Waals surface area contributed by atoms with Gasteiger partial charge >= 0.3 is 5.97 Å². The second-order valence-corrected chi connectivity index (χ2v) is 4.65. The molecule has 0 N–H and O–H groups in total. The van der Waals surface area contributed by atoms with Crippen LogP contribution in [0.2, 0.25) is 5.02 Å². The molecular formula is C15H11ClFNO4. The number of hydrogen-bond donors (Lipinski definition) is 0. The van der Waals surface area contributed by atoms with Crippen LogP contribution in [-0.2, 0) is 4.74 Å². The number of esters is 1. The fourth-order valence-electron chi connectivity index (χ4n) is 1.91. The Balaban J connectivity index is 2.75. The highest BCUT2D eigenvalue weighted by Gasteiger charge is 2.20. The van der Waals surface area contributed by atoms with Gasteiger partial charge in [0.25, 0.3) is 5.56 Å². The molecule has 0 fully saturated rings. The van der Waals surface area contributed by atoms with Gasteiger partial charge in [0, 0.05) is 5.69 Å². The molecule has 7 heteroatoms. The van der Waals surface area contributed by atoms with Crippen molar-refractivity contribution in [1.82, 2.24) is 4.57 Å². The van der Waals surface area contributed by atoms with Crippen molar-refractivity contribution < 1.29 is 18.7 Å². The second kappa shape index (κ2) is 6.53. The summed E-state index contributed by atoms with van der Waals surface area (Å²) >= 11 is 5.96. The third-order valence-corrected chi connectivity index (χ3v) is 3.18. The first-order valence-corrected chi connectivity index (χ1v) is 6.71. The van der Waals surface area contributed by atoms with Crippen molar-refractivity contribution in [2.24, 2.45) is 0 Å². The molecule has 0 aliphatic heterocycles. The van der Waals surface area contributed by atoms with Crippen LogP contribution in [-0.4, -0.2) is 23.4 Å². The summed E-state index contributed by atoms with van der Waals surface area (Å²) in [4.78, 5) is 35.5. The Morgan fingerprint density at radius 2 is 2.00 bits per heavy atom. The van der Waals surface area contributed by atoms with Gasteiger partial charge in [0.15, 0.2) is 6.29 Å². The fraction of sp³-hybridized carbons (Fsp3) is 0.133. The summed E-state index contributed by atoms with van der Waals surface area (Å²) in [5.41, 5.74) is -0.994. The Morgan fingerprint density at radius 1 is 1.36 bits per heavy atom. The van der Waals surface area contributed by atoms with Crippen LogP contribution < -0.4 is 5.56 Å². The topological polar surface area (TPSA) is 65.4 Å². The van der Waals surface area contributed by atoms with Gasteiger partial charge in [-0.1, -0.05) is 11.6 Å². The number of aldehydes is 1. The van der Waals surface area contributed by atoms with Crippen molar-refractivity contribution in [1.29, 1.82) is 0 Å². The van der Waals surface area contributed by atoms with Gasteiger partial charge in [-0.05, 0) is 37.3 Å². The number of carbonyl (C=O) groups excluding carboxylic acids is 2. The Bertz CT molecular complexity index is 783. The molecule has 0 spiro atoms. The summed E-state index contributed by atoms with van der Waals surface area (Å²) < 4.78 is 18.7. The molecule has 0 unspecified atom stereocenters. The molecule has 1 aromatic heterocycles. The normalized spacial score (nSPS) is 10.3. The van der Waals surface area contributed by atoms with Crippen LogP contribution in [0.1, 0.15) is 27.8 Å². The van der Waals surface area contributed by atoms with Gasteiger partial charge < -0.3 is 4.74 Å². The van der Waals surface area contributed by atoms with E-state index < -0.39 is 17.3 Å². The van der Waals surface area contributed by atoms with E-state index in [0.29, 0.717) is 6.29 Å². The van der Waals surface area contributed by atoms with Crippen LogP contribution in [0.15, 0.2) is 35.1 Å². The Morgan fingerprint density at radius 3 is 2.55 bits per heavy atom. The maximum Gasteiger partial charge on any atom is 0.343 e. The number of pyridine rings is 1. The molecule has 2 aromatic rings. The summed E-state index contributed by atoms with van der Waals surface area (Å²) in [5.74, 6) is -1.35. The monoisotopic (exact) mass is 323 g/mol. The number of aromatic nitrogens is 1. The van der Waals surface area contributed by atoms with E-state index in [1.165, 1.54) is 12.1 Å². The molecule has 0 bridgehead atoms. The predicted molar refractivity (Wildman–Crippen MR) is 78.4 cm³/mol. The first kappa shape index (κ1) is 15.9. The van der Waals surface area contributed by atoms with E-state index in [9.17, 15) is 18.8 Å². The third kappa shape index (κ3) is 2.92. The number of halogens is 2. The van der Waals surface area contributed by atoms with Gasteiger partial charge in [-0.2, -0.15) is 0 Å². The largest absolute Gasteiger partial charge is 0.462 e. The molecule has 114 valence electrons. The van der Waals surface area contributed by atoms with E-state index >= 15 is 0 Å². The maximum atomic E-state index is 13.0.